The van der Waals surface area contributed by atoms with Crippen LogP contribution < -0.4 is 10.6 Å². The normalized spacial score (nSPS) is 25.6. The first kappa shape index (κ1) is 22.8. The highest BCUT2D eigenvalue weighted by Gasteiger charge is 2.43. The Morgan fingerprint density at radius 2 is 1.85 bits per heavy atom. The zero-order valence-electron chi connectivity index (χ0n) is 15.2. The lowest BCUT2D eigenvalue weighted by Gasteiger charge is -2.38. The van der Waals surface area contributed by atoms with E-state index in [1.165, 1.54) is 0 Å². The molecule has 0 saturated carbocycles. The molecule has 0 spiro atoms. The molecule has 154 valence electrons. The highest BCUT2D eigenvalue weighted by molar-refractivity contribution is 5.94. The second-order valence-corrected chi connectivity index (χ2v) is 6.60. The van der Waals surface area contributed by atoms with Gasteiger partial charge in [0.2, 0.25) is 5.91 Å². The van der Waals surface area contributed by atoms with Gasteiger partial charge in [-0.3, -0.25) is 9.59 Å². The highest BCUT2D eigenvalue weighted by atomic mass is 16.5. The Morgan fingerprint density at radius 1 is 1.26 bits per heavy atom. The van der Waals surface area contributed by atoms with Crippen molar-refractivity contribution in [3.8, 4) is 0 Å². The number of carbonyl (C=O) groups is 3. The van der Waals surface area contributed by atoms with E-state index in [1.807, 2.05) is 0 Å². The van der Waals surface area contributed by atoms with Gasteiger partial charge in [0, 0.05) is 6.92 Å². The van der Waals surface area contributed by atoms with Crippen LogP contribution in [0.4, 0.5) is 0 Å². The Bertz CT molecular complexity index is 592. The van der Waals surface area contributed by atoms with Crippen LogP contribution in [0.15, 0.2) is 11.8 Å². The largest absolute Gasteiger partial charge is 0.480 e. The van der Waals surface area contributed by atoms with Gasteiger partial charge >= 0.3 is 5.97 Å². The number of amides is 2. The average molecular weight is 390 g/mol. The van der Waals surface area contributed by atoms with Crippen LogP contribution in [-0.2, 0) is 19.1 Å². The predicted molar refractivity (Wildman–Crippen MR) is 90.1 cm³/mol. The summed E-state index contributed by atoms with van der Waals surface area (Å²) >= 11 is 0. The maximum atomic E-state index is 12.3. The minimum absolute atomic E-state index is 0.440. The zero-order chi connectivity index (χ0) is 20.9. The number of carboxylic acid groups (broad SMARTS) is 1. The number of carboxylic acids is 1. The maximum absolute atomic E-state index is 12.3. The summed E-state index contributed by atoms with van der Waals surface area (Å²) < 4.78 is 5.34. The minimum atomic E-state index is -1.75. The maximum Gasteiger partial charge on any atom is 0.326 e. The van der Waals surface area contributed by atoms with Gasteiger partial charge in [-0.2, -0.15) is 0 Å². The van der Waals surface area contributed by atoms with Gasteiger partial charge in [-0.05, 0) is 12.0 Å². The summed E-state index contributed by atoms with van der Waals surface area (Å²) in [5, 5.41) is 52.8. The third kappa shape index (κ3) is 5.89. The van der Waals surface area contributed by atoms with E-state index in [0.29, 0.717) is 0 Å². The van der Waals surface area contributed by atoms with E-state index in [-0.39, 0.29) is 0 Å². The van der Waals surface area contributed by atoms with Gasteiger partial charge in [0.05, 0.1) is 12.6 Å². The molecule has 27 heavy (non-hydrogen) atoms. The lowest BCUT2D eigenvalue weighted by Crippen LogP contribution is -2.60. The van der Waals surface area contributed by atoms with Gasteiger partial charge in [-0.15, -0.1) is 0 Å². The van der Waals surface area contributed by atoms with Crippen molar-refractivity contribution in [2.45, 2.75) is 57.3 Å². The third-order valence-electron chi connectivity index (χ3n) is 4.04. The van der Waals surface area contributed by atoms with Gasteiger partial charge in [-0.25, -0.2) is 4.79 Å². The van der Waals surface area contributed by atoms with Gasteiger partial charge in [0.1, 0.15) is 24.4 Å². The lowest BCUT2D eigenvalue weighted by atomic mass is 9.93. The van der Waals surface area contributed by atoms with Crippen molar-refractivity contribution < 1.29 is 44.7 Å². The summed E-state index contributed by atoms with van der Waals surface area (Å²) in [6.07, 6.45) is -5.40. The number of carbonyl (C=O) groups excluding carboxylic acids is 2. The molecule has 1 aliphatic heterocycles. The van der Waals surface area contributed by atoms with Crippen molar-refractivity contribution in [3.05, 3.63) is 11.8 Å². The summed E-state index contributed by atoms with van der Waals surface area (Å²) in [4.78, 5) is 34.9. The Labute approximate surface area is 155 Å². The molecular weight excluding hydrogens is 364 g/mol. The van der Waals surface area contributed by atoms with Crippen LogP contribution >= 0.6 is 0 Å². The van der Waals surface area contributed by atoms with Gasteiger partial charge in [-0.1, -0.05) is 13.8 Å². The second kappa shape index (κ2) is 9.65. The number of aliphatic hydroxyl groups excluding tert-OH is 4. The third-order valence-corrected chi connectivity index (χ3v) is 4.04. The van der Waals surface area contributed by atoms with Crippen LogP contribution in [0.1, 0.15) is 20.8 Å². The fraction of sp³-hybridized carbons (Fsp3) is 0.688. The highest BCUT2D eigenvalue weighted by Crippen LogP contribution is 2.23. The standard InChI is InChI=1S/C16H26N2O9/c1-6(2)11(16(25)26)18-15(24)10-4-8(21)12(17-7(3)20)14(27-10)13(23)9(22)5-19/h4,6,8-9,11-14,19,21-23H,5H2,1-3H3,(H,17,20)(H,18,24)(H,25,26)/t8-,9+,11-,12+,13+,14+/m0/s1. The van der Waals surface area contributed by atoms with E-state index < -0.39 is 72.6 Å². The first-order valence-electron chi connectivity index (χ1n) is 8.33. The van der Waals surface area contributed by atoms with Crippen LogP contribution in [0.5, 0.6) is 0 Å². The quantitative estimate of drug-likeness (QED) is 0.228. The Kier molecular flexibility index (Phi) is 8.16. The van der Waals surface area contributed by atoms with E-state index >= 15 is 0 Å². The van der Waals surface area contributed by atoms with Gasteiger partial charge in [0.15, 0.2) is 11.9 Å². The van der Waals surface area contributed by atoms with Crippen molar-refractivity contribution in [1.82, 2.24) is 10.6 Å². The molecule has 0 aromatic carbocycles. The smallest absolute Gasteiger partial charge is 0.326 e. The molecule has 7 N–H and O–H groups in total. The average Bonchev–Trinajstić information content (AvgIpc) is 2.58. The van der Waals surface area contributed by atoms with E-state index in [1.54, 1.807) is 13.8 Å². The Morgan fingerprint density at radius 3 is 2.30 bits per heavy atom. The summed E-state index contributed by atoms with van der Waals surface area (Å²) in [6.45, 7) is 3.50. The second-order valence-electron chi connectivity index (χ2n) is 6.60. The summed E-state index contributed by atoms with van der Waals surface area (Å²) in [7, 11) is 0. The van der Waals surface area contributed by atoms with Crippen molar-refractivity contribution >= 4 is 17.8 Å². The molecule has 0 fully saturated rings. The molecule has 0 aliphatic carbocycles. The zero-order valence-corrected chi connectivity index (χ0v) is 15.2. The fourth-order valence-corrected chi connectivity index (χ4v) is 2.58. The first-order chi connectivity index (χ1) is 12.5. The van der Waals surface area contributed by atoms with Gasteiger partial charge < -0.3 is 40.9 Å². The van der Waals surface area contributed by atoms with Crippen LogP contribution in [0.25, 0.3) is 0 Å². The fourth-order valence-electron chi connectivity index (χ4n) is 2.58. The molecule has 2 amide bonds. The van der Waals surface area contributed by atoms with E-state index in [4.69, 9.17) is 14.9 Å². The lowest BCUT2D eigenvalue weighted by molar-refractivity contribution is -0.146. The molecule has 0 radical (unpaired) electrons. The first-order valence-corrected chi connectivity index (χ1v) is 8.33. The van der Waals surface area contributed by atoms with E-state index in [9.17, 15) is 29.7 Å². The molecule has 11 heteroatoms. The summed E-state index contributed by atoms with van der Waals surface area (Å²) in [6, 6.07) is -2.44. The van der Waals surface area contributed by atoms with E-state index in [0.717, 1.165) is 13.0 Å². The van der Waals surface area contributed by atoms with Crippen molar-refractivity contribution in [1.29, 1.82) is 0 Å². The molecular formula is C16H26N2O9. The minimum Gasteiger partial charge on any atom is -0.480 e. The molecule has 0 bridgehead atoms. The topological polar surface area (TPSA) is 186 Å². The molecule has 1 aliphatic rings. The SMILES string of the molecule is CC(=O)N[C@H]1[C@H]([C@H](O)[C@H](O)CO)OC(C(=O)N[C@H](C(=O)O)C(C)C)=C[C@@H]1O. The number of nitrogens with one attached hydrogen (secondary N) is 2. The molecule has 6 atom stereocenters. The number of aliphatic hydroxyl groups is 4. The number of rotatable bonds is 8. The molecule has 11 nitrogen and oxygen atoms in total. The Balaban J connectivity index is 3.10. The number of hydrogen-bond acceptors (Lipinski definition) is 8. The summed E-state index contributed by atoms with van der Waals surface area (Å²) in [5.74, 6) is -3.70. The molecule has 0 unspecified atom stereocenters. The summed E-state index contributed by atoms with van der Waals surface area (Å²) in [5.41, 5.74) is 0. The van der Waals surface area contributed by atoms with Crippen LogP contribution in [-0.4, -0.2) is 86.4 Å². The molecule has 0 aromatic rings. The van der Waals surface area contributed by atoms with Crippen LogP contribution in [0, 0.1) is 5.92 Å². The Hall–Kier alpha value is -2.21. The monoisotopic (exact) mass is 390 g/mol. The van der Waals surface area contributed by atoms with Crippen molar-refractivity contribution in [2.24, 2.45) is 5.92 Å². The molecule has 1 heterocycles. The molecule has 0 aromatic heterocycles. The number of aliphatic carboxylic acids is 1. The van der Waals surface area contributed by atoms with E-state index in [2.05, 4.69) is 10.6 Å². The van der Waals surface area contributed by atoms with Gasteiger partial charge in [0.25, 0.3) is 5.91 Å². The molecule has 0 saturated heterocycles. The van der Waals surface area contributed by atoms with Crippen molar-refractivity contribution in [3.63, 3.8) is 0 Å². The number of hydrogen-bond donors (Lipinski definition) is 7. The number of ether oxygens (including phenoxy) is 1. The van der Waals surface area contributed by atoms with Crippen LogP contribution in [0.2, 0.25) is 0 Å². The molecule has 1 rings (SSSR count). The van der Waals surface area contributed by atoms with Crippen LogP contribution in [0.3, 0.4) is 0 Å². The predicted octanol–water partition coefficient (Wildman–Crippen LogP) is -2.93. The van der Waals surface area contributed by atoms with Crippen molar-refractivity contribution in [2.75, 3.05) is 6.61 Å².